The molecule has 0 aliphatic rings. The van der Waals surface area contributed by atoms with Crippen molar-refractivity contribution in [2.75, 3.05) is 5.32 Å². The number of carbonyl (C=O) groups excluding carboxylic acids is 1. The summed E-state index contributed by atoms with van der Waals surface area (Å²) in [5, 5.41) is 8.36. The molecular formula is C30H32ClN3O2. The Bertz CT molecular complexity index is 1370. The van der Waals surface area contributed by atoms with Gasteiger partial charge in [0.25, 0.3) is 5.91 Å². The maximum atomic E-state index is 13.1. The number of amides is 1. The molecule has 0 saturated carbocycles. The van der Waals surface area contributed by atoms with Crippen molar-refractivity contribution in [3.63, 3.8) is 0 Å². The number of hydrogen-bond donors (Lipinski definition) is 1. The van der Waals surface area contributed by atoms with Gasteiger partial charge in [-0.25, -0.2) is 0 Å². The highest BCUT2D eigenvalue weighted by molar-refractivity contribution is 6.30. The smallest absolute Gasteiger partial charge is 0.255 e. The van der Waals surface area contributed by atoms with Crippen molar-refractivity contribution in [1.29, 1.82) is 0 Å². The lowest BCUT2D eigenvalue weighted by Gasteiger charge is -2.19. The average Bonchev–Trinajstić information content (AvgIpc) is 3.10. The fourth-order valence-corrected chi connectivity index (χ4v) is 4.26. The third-order valence-corrected chi connectivity index (χ3v) is 6.39. The van der Waals surface area contributed by atoms with Crippen LogP contribution in [0.4, 0.5) is 5.69 Å². The van der Waals surface area contributed by atoms with E-state index in [4.69, 9.17) is 16.3 Å². The first-order valence-electron chi connectivity index (χ1n) is 12.0. The topological polar surface area (TPSA) is 56.2 Å². The molecule has 1 N–H and O–H groups in total. The van der Waals surface area contributed by atoms with Gasteiger partial charge < -0.3 is 10.1 Å². The Labute approximate surface area is 218 Å². The summed E-state index contributed by atoms with van der Waals surface area (Å²) in [7, 11) is 0. The predicted molar refractivity (Wildman–Crippen MR) is 146 cm³/mol. The number of ether oxygens (including phenoxy) is 1. The molecule has 6 heteroatoms. The second kappa shape index (κ2) is 10.6. The molecule has 0 unspecified atom stereocenters. The van der Waals surface area contributed by atoms with Crippen LogP contribution in [0.2, 0.25) is 5.02 Å². The number of nitrogens with one attached hydrogen (secondary N) is 1. The quantitative estimate of drug-likeness (QED) is 0.288. The molecule has 1 amide bonds. The third kappa shape index (κ3) is 6.16. The molecular weight excluding hydrogens is 470 g/mol. The highest BCUT2D eigenvalue weighted by Gasteiger charge is 2.16. The molecule has 5 nitrogen and oxygen atoms in total. The maximum Gasteiger partial charge on any atom is 0.255 e. The molecule has 1 heterocycles. The first-order valence-corrected chi connectivity index (χ1v) is 12.4. The van der Waals surface area contributed by atoms with Gasteiger partial charge in [0, 0.05) is 10.6 Å². The van der Waals surface area contributed by atoms with Gasteiger partial charge >= 0.3 is 0 Å². The Hall–Kier alpha value is -3.57. The number of rotatable bonds is 7. The number of halogens is 1. The van der Waals surface area contributed by atoms with Gasteiger partial charge in [0.05, 0.1) is 23.6 Å². The second-order valence-corrected chi connectivity index (χ2v) is 10.5. The van der Waals surface area contributed by atoms with Crippen molar-refractivity contribution in [1.82, 2.24) is 9.78 Å². The minimum Gasteiger partial charge on any atom is -0.489 e. The van der Waals surface area contributed by atoms with Gasteiger partial charge in [0.15, 0.2) is 0 Å². The highest BCUT2D eigenvalue weighted by Crippen LogP contribution is 2.25. The number of nitrogens with zero attached hydrogens (tertiary/aromatic N) is 2. The number of anilines is 1. The lowest BCUT2D eigenvalue weighted by atomic mass is 9.87. The molecule has 0 spiro atoms. The summed E-state index contributed by atoms with van der Waals surface area (Å²) in [6.07, 6.45) is 0. The van der Waals surface area contributed by atoms with E-state index >= 15 is 0 Å². The van der Waals surface area contributed by atoms with Crippen LogP contribution in [0, 0.1) is 13.8 Å². The molecule has 0 aliphatic carbocycles. The van der Waals surface area contributed by atoms with Crippen LogP contribution < -0.4 is 10.1 Å². The summed E-state index contributed by atoms with van der Waals surface area (Å²) in [5.41, 5.74) is 6.28. The Morgan fingerprint density at radius 2 is 1.67 bits per heavy atom. The SMILES string of the molecule is Cc1nn(Cc2cccc(Cl)c2)c(C)c1NC(=O)c1cccc(COc2ccc(C(C)(C)C)cc2)c1. The molecule has 36 heavy (non-hydrogen) atoms. The number of hydrogen-bond acceptors (Lipinski definition) is 3. The standard InChI is InChI=1S/C30H32ClN3O2/c1-20-28(21(2)34(33-20)18-22-8-7-11-26(31)17-22)32-29(35)24-10-6-9-23(16-24)19-36-27-14-12-25(13-15-27)30(3,4)5/h6-17H,18-19H2,1-5H3,(H,32,35). The maximum absolute atomic E-state index is 13.1. The van der Waals surface area contributed by atoms with Gasteiger partial charge in [-0.15, -0.1) is 0 Å². The summed E-state index contributed by atoms with van der Waals surface area (Å²) in [6.45, 7) is 11.4. The first-order chi connectivity index (χ1) is 17.1. The molecule has 0 aliphatic heterocycles. The van der Waals surface area contributed by atoms with Gasteiger partial charge in [-0.1, -0.05) is 68.8 Å². The number of carbonyl (C=O) groups is 1. The van der Waals surface area contributed by atoms with Gasteiger partial charge in [-0.05, 0) is 72.4 Å². The van der Waals surface area contributed by atoms with E-state index in [2.05, 4.69) is 43.3 Å². The van der Waals surface area contributed by atoms with Crippen LogP contribution in [0.5, 0.6) is 5.75 Å². The van der Waals surface area contributed by atoms with E-state index in [0.717, 1.165) is 34.0 Å². The van der Waals surface area contributed by atoms with E-state index in [1.807, 2.05) is 73.1 Å². The van der Waals surface area contributed by atoms with E-state index in [9.17, 15) is 4.79 Å². The summed E-state index contributed by atoms with van der Waals surface area (Å²) in [6, 6.07) is 23.4. The predicted octanol–water partition coefficient (Wildman–Crippen LogP) is 7.33. The van der Waals surface area contributed by atoms with Crippen LogP contribution in [0.1, 0.15) is 59.2 Å². The Morgan fingerprint density at radius 3 is 2.36 bits per heavy atom. The van der Waals surface area contributed by atoms with Crippen LogP contribution >= 0.6 is 11.6 Å². The summed E-state index contributed by atoms with van der Waals surface area (Å²) < 4.78 is 7.85. The van der Waals surface area contributed by atoms with Gasteiger partial charge in [-0.2, -0.15) is 5.10 Å². The summed E-state index contributed by atoms with van der Waals surface area (Å²) in [4.78, 5) is 13.1. The molecule has 0 fully saturated rings. The van der Waals surface area contributed by atoms with E-state index < -0.39 is 0 Å². The molecule has 0 saturated heterocycles. The molecule has 3 aromatic carbocycles. The zero-order valence-electron chi connectivity index (χ0n) is 21.4. The van der Waals surface area contributed by atoms with Gasteiger partial charge in [-0.3, -0.25) is 9.48 Å². The van der Waals surface area contributed by atoms with E-state index in [1.54, 1.807) is 6.07 Å². The Morgan fingerprint density at radius 1 is 0.972 bits per heavy atom. The molecule has 1 aromatic heterocycles. The fourth-order valence-electron chi connectivity index (χ4n) is 4.05. The molecule has 186 valence electrons. The van der Waals surface area contributed by atoms with Crippen LogP contribution in [0.3, 0.4) is 0 Å². The molecule has 0 radical (unpaired) electrons. The zero-order chi connectivity index (χ0) is 25.9. The van der Waals surface area contributed by atoms with Gasteiger partial charge in [0.1, 0.15) is 12.4 Å². The van der Waals surface area contributed by atoms with E-state index in [1.165, 1.54) is 5.56 Å². The van der Waals surface area contributed by atoms with Crippen LogP contribution in [-0.4, -0.2) is 15.7 Å². The van der Waals surface area contributed by atoms with Crippen molar-refractivity contribution in [3.8, 4) is 5.75 Å². The molecule has 0 bridgehead atoms. The molecule has 4 rings (SSSR count). The van der Waals surface area contributed by atoms with Crippen molar-refractivity contribution in [3.05, 3.63) is 111 Å². The van der Waals surface area contributed by atoms with Crippen molar-refractivity contribution in [2.45, 2.75) is 53.2 Å². The van der Waals surface area contributed by atoms with Crippen molar-refractivity contribution >= 4 is 23.2 Å². The van der Waals surface area contributed by atoms with Crippen molar-refractivity contribution < 1.29 is 9.53 Å². The minimum atomic E-state index is -0.181. The first kappa shape index (κ1) is 25.5. The minimum absolute atomic E-state index is 0.0999. The summed E-state index contributed by atoms with van der Waals surface area (Å²) in [5.74, 6) is 0.621. The van der Waals surface area contributed by atoms with Crippen LogP contribution in [-0.2, 0) is 18.6 Å². The molecule has 4 aromatic rings. The van der Waals surface area contributed by atoms with Crippen LogP contribution in [0.15, 0.2) is 72.8 Å². The largest absolute Gasteiger partial charge is 0.489 e. The Kier molecular flexibility index (Phi) is 7.51. The number of aryl methyl sites for hydroxylation is 1. The van der Waals surface area contributed by atoms with Gasteiger partial charge in [0.2, 0.25) is 0 Å². The number of benzene rings is 3. The lowest BCUT2D eigenvalue weighted by molar-refractivity contribution is 0.102. The summed E-state index contributed by atoms with van der Waals surface area (Å²) >= 11 is 6.12. The third-order valence-electron chi connectivity index (χ3n) is 6.16. The monoisotopic (exact) mass is 501 g/mol. The second-order valence-electron chi connectivity index (χ2n) is 10.1. The zero-order valence-corrected chi connectivity index (χ0v) is 22.2. The normalized spacial score (nSPS) is 11.4. The van der Waals surface area contributed by atoms with E-state index in [0.29, 0.717) is 23.7 Å². The number of aromatic nitrogens is 2. The lowest BCUT2D eigenvalue weighted by Crippen LogP contribution is -2.14. The van der Waals surface area contributed by atoms with Crippen LogP contribution in [0.25, 0.3) is 0 Å². The van der Waals surface area contributed by atoms with Crippen molar-refractivity contribution in [2.24, 2.45) is 0 Å². The molecule has 0 atom stereocenters. The average molecular weight is 502 g/mol. The van der Waals surface area contributed by atoms with E-state index in [-0.39, 0.29) is 11.3 Å². The highest BCUT2D eigenvalue weighted by atomic mass is 35.5. The fraction of sp³-hybridized carbons (Fsp3) is 0.267. The Balaban J connectivity index is 1.42.